The molecular weight excluding hydrogens is 286 g/mol. The van der Waals surface area contributed by atoms with Gasteiger partial charge >= 0.3 is 0 Å². The molecule has 5 heteroatoms. The van der Waals surface area contributed by atoms with E-state index in [-0.39, 0.29) is 18.6 Å². The van der Waals surface area contributed by atoms with E-state index >= 15 is 0 Å². The van der Waals surface area contributed by atoms with Gasteiger partial charge in [-0.2, -0.15) is 0 Å². The first-order valence-electron chi connectivity index (χ1n) is 5.28. The van der Waals surface area contributed by atoms with Crippen molar-refractivity contribution >= 4 is 27.5 Å². The van der Waals surface area contributed by atoms with Crippen molar-refractivity contribution in [3.63, 3.8) is 0 Å². The fraction of sp³-hybridized carbons (Fsp3) is 0.417. The Morgan fingerprint density at radius 2 is 2.18 bits per heavy atom. The number of carbonyl (C=O) groups is 1. The fourth-order valence-corrected chi connectivity index (χ4v) is 1.59. The molecule has 0 saturated heterocycles. The quantitative estimate of drug-likeness (QED) is 0.910. The molecule has 0 unspecified atom stereocenters. The third-order valence-corrected chi connectivity index (χ3v) is 2.64. The van der Waals surface area contributed by atoms with Crippen LogP contribution in [0.2, 0.25) is 0 Å². The molecule has 0 radical (unpaired) electrons. The van der Waals surface area contributed by atoms with Crippen molar-refractivity contribution < 1.29 is 14.3 Å². The van der Waals surface area contributed by atoms with Crippen molar-refractivity contribution in [3.8, 4) is 5.75 Å². The number of anilines is 1. The highest BCUT2D eigenvalue weighted by Gasteiger charge is 2.06. The van der Waals surface area contributed by atoms with Crippen molar-refractivity contribution in [3.05, 3.63) is 22.7 Å². The molecule has 0 spiro atoms. The number of hydrogen-bond acceptors (Lipinski definition) is 3. The van der Waals surface area contributed by atoms with Crippen LogP contribution in [0.4, 0.5) is 5.69 Å². The zero-order valence-corrected chi connectivity index (χ0v) is 11.7. The molecule has 17 heavy (non-hydrogen) atoms. The number of rotatable bonds is 5. The summed E-state index contributed by atoms with van der Waals surface area (Å²) >= 11 is 3.34. The SMILES string of the molecule is COc1cc(NC(=O)COC(C)C)ccc1Br. The smallest absolute Gasteiger partial charge is 0.250 e. The standard InChI is InChI=1S/C12H16BrNO3/c1-8(2)17-7-12(15)14-9-4-5-10(13)11(6-9)16-3/h4-6,8H,7H2,1-3H3,(H,14,15). The maximum atomic E-state index is 11.5. The van der Waals surface area contributed by atoms with Crippen LogP contribution in [0.3, 0.4) is 0 Å². The summed E-state index contributed by atoms with van der Waals surface area (Å²) in [5.41, 5.74) is 0.683. The van der Waals surface area contributed by atoms with Crippen LogP contribution >= 0.6 is 15.9 Å². The highest BCUT2D eigenvalue weighted by Crippen LogP contribution is 2.27. The number of ether oxygens (including phenoxy) is 2. The third kappa shape index (κ3) is 4.75. The molecule has 0 aliphatic rings. The van der Waals surface area contributed by atoms with E-state index in [2.05, 4.69) is 21.2 Å². The average molecular weight is 302 g/mol. The Morgan fingerprint density at radius 3 is 2.76 bits per heavy atom. The molecule has 94 valence electrons. The monoisotopic (exact) mass is 301 g/mol. The van der Waals surface area contributed by atoms with Gasteiger partial charge in [-0.15, -0.1) is 0 Å². The number of benzene rings is 1. The normalized spacial score (nSPS) is 10.4. The van der Waals surface area contributed by atoms with E-state index in [4.69, 9.17) is 9.47 Å². The summed E-state index contributed by atoms with van der Waals surface area (Å²) in [7, 11) is 1.58. The fourth-order valence-electron chi connectivity index (χ4n) is 1.18. The Bertz CT molecular complexity index is 393. The topological polar surface area (TPSA) is 47.6 Å². The van der Waals surface area contributed by atoms with E-state index in [0.717, 1.165) is 4.47 Å². The van der Waals surface area contributed by atoms with Gasteiger partial charge in [0.2, 0.25) is 5.91 Å². The number of nitrogens with one attached hydrogen (secondary N) is 1. The first kappa shape index (κ1) is 14.0. The summed E-state index contributed by atoms with van der Waals surface area (Å²) in [6, 6.07) is 5.36. The van der Waals surface area contributed by atoms with Gasteiger partial charge in [0.1, 0.15) is 12.4 Å². The van der Waals surface area contributed by atoms with E-state index in [1.54, 1.807) is 19.2 Å². The maximum Gasteiger partial charge on any atom is 0.250 e. The van der Waals surface area contributed by atoms with Crippen LogP contribution in [0.15, 0.2) is 22.7 Å². The minimum atomic E-state index is -0.178. The van der Waals surface area contributed by atoms with E-state index < -0.39 is 0 Å². The molecule has 4 nitrogen and oxygen atoms in total. The van der Waals surface area contributed by atoms with E-state index in [9.17, 15) is 4.79 Å². The van der Waals surface area contributed by atoms with Gasteiger partial charge in [-0.3, -0.25) is 4.79 Å². The largest absolute Gasteiger partial charge is 0.495 e. The highest BCUT2D eigenvalue weighted by atomic mass is 79.9. The number of halogens is 1. The summed E-state index contributed by atoms with van der Waals surface area (Å²) in [6.45, 7) is 3.82. The summed E-state index contributed by atoms with van der Waals surface area (Å²) < 4.78 is 11.2. The second kappa shape index (κ2) is 6.61. The van der Waals surface area contributed by atoms with Crippen LogP contribution in [-0.4, -0.2) is 25.7 Å². The predicted octanol–water partition coefficient (Wildman–Crippen LogP) is 2.82. The van der Waals surface area contributed by atoms with Crippen LogP contribution in [0.25, 0.3) is 0 Å². The Morgan fingerprint density at radius 1 is 1.47 bits per heavy atom. The number of amides is 1. The van der Waals surface area contributed by atoms with Gasteiger partial charge in [-0.25, -0.2) is 0 Å². The van der Waals surface area contributed by atoms with E-state index in [1.165, 1.54) is 0 Å². The lowest BCUT2D eigenvalue weighted by Crippen LogP contribution is -2.20. The second-order valence-electron chi connectivity index (χ2n) is 3.76. The zero-order chi connectivity index (χ0) is 12.8. The van der Waals surface area contributed by atoms with E-state index in [0.29, 0.717) is 11.4 Å². The van der Waals surface area contributed by atoms with Crippen molar-refractivity contribution in [2.45, 2.75) is 20.0 Å². The summed E-state index contributed by atoms with van der Waals surface area (Å²) in [6.07, 6.45) is 0.0419. The summed E-state index contributed by atoms with van der Waals surface area (Å²) in [4.78, 5) is 11.5. The predicted molar refractivity (Wildman–Crippen MR) is 70.4 cm³/mol. The molecule has 0 aromatic heterocycles. The molecule has 0 bridgehead atoms. The van der Waals surface area contributed by atoms with Gasteiger partial charge in [-0.05, 0) is 41.9 Å². The Kier molecular flexibility index (Phi) is 5.44. The number of methoxy groups -OCH3 is 1. The molecule has 1 amide bonds. The number of hydrogen-bond donors (Lipinski definition) is 1. The van der Waals surface area contributed by atoms with E-state index in [1.807, 2.05) is 19.9 Å². The van der Waals surface area contributed by atoms with Gasteiger partial charge in [0.05, 0.1) is 17.7 Å². The van der Waals surface area contributed by atoms with Crippen LogP contribution in [0.1, 0.15) is 13.8 Å². The Balaban J connectivity index is 2.59. The lowest BCUT2D eigenvalue weighted by Gasteiger charge is -2.10. The first-order valence-corrected chi connectivity index (χ1v) is 6.07. The third-order valence-electron chi connectivity index (χ3n) is 1.98. The molecule has 0 aliphatic heterocycles. The first-order chi connectivity index (χ1) is 8.02. The molecule has 0 aliphatic carbocycles. The second-order valence-corrected chi connectivity index (χ2v) is 4.61. The summed E-state index contributed by atoms with van der Waals surface area (Å²) in [5.74, 6) is 0.496. The minimum absolute atomic E-state index is 0.0419. The highest BCUT2D eigenvalue weighted by molar-refractivity contribution is 9.10. The molecule has 0 heterocycles. The minimum Gasteiger partial charge on any atom is -0.495 e. The summed E-state index contributed by atoms with van der Waals surface area (Å²) in [5, 5.41) is 2.73. The van der Waals surface area contributed by atoms with Crippen molar-refractivity contribution in [2.24, 2.45) is 0 Å². The lowest BCUT2D eigenvalue weighted by atomic mass is 10.3. The molecular formula is C12H16BrNO3. The zero-order valence-electron chi connectivity index (χ0n) is 10.1. The van der Waals surface area contributed by atoms with Gasteiger partial charge in [-0.1, -0.05) is 0 Å². The van der Waals surface area contributed by atoms with Crippen LogP contribution in [0, 0.1) is 0 Å². The Hall–Kier alpha value is -1.07. The molecule has 0 saturated carbocycles. The van der Waals surface area contributed by atoms with Crippen molar-refractivity contribution in [2.75, 3.05) is 19.0 Å². The van der Waals surface area contributed by atoms with Gasteiger partial charge in [0, 0.05) is 11.8 Å². The van der Waals surface area contributed by atoms with Crippen molar-refractivity contribution in [1.29, 1.82) is 0 Å². The molecule has 1 aromatic rings. The van der Waals surface area contributed by atoms with Crippen molar-refractivity contribution in [1.82, 2.24) is 0 Å². The van der Waals surface area contributed by atoms with Crippen LogP contribution < -0.4 is 10.1 Å². The maximum absolute atomic E-state index is 11.5. The van der Waals surface area contributed by atoms with Crippen LogP contribution in [0.5, 0.6) is 5.75 Å². The average Bonchev–Trinajstić information content (AvgIpc) is 2.29. The molecule has 0 fully saturated rings. The number of carbonyl (C=O) groups excluding carboxylic acids is 1. The van der Waals surface area contributed by atoms with Gasteiger partial charge in [0.15, 0.2) is 0 Å². The molecule has 1 rings (SSSR count). The van der Waals surface area contributed by atoms with Gasteiger partial charge < -0.3 is 14.8 Å². The van der Waals surface area contributed by atoms with Gasteiger partial charge in [0.25, 0.3) is 0 Å². The Labute approximate surface area is 109 Å². The lowest BCUT2D eigenvalue weighted by molar-refractivity contribution is -0.121. The van der Waals surface area contributed by atoms with Crippen LogP contribution in [-0.2, 0) is 9.53 Å². The molecule has 1 aromatic carbocycles. The molecule has 1 N–H and O–H groups in total. The molecule has 0 atom stereocenters.